The van der Waals surface area contributed by atoms with Crippen molar-refractivity contribution >= 4 is 23.2 Å². The number of nitrogens with zero attached hydrogens (tertiary/aromatic N) is 4. The van der Waals surface area contributed by atoms with Crippen LogP contribution in [-0.2, 0) is 16.0 Å². The lowest BCUT2D eigenvalue weighted by atomic mass is 10.2. The van der Waals surface area contributed by atoms with Gasteiger partial charge in [-0.2, -0.15) is 0 Å². The lowest BCUT2D eigenvalue weighted by Crippen LogP contribution is -2.30. The van der Waals surface area contributed by atoms with Crippen molar-refractivity contribution in [2.45, 2.75) is 6.42 Å². The van der Waals surface area contributed by atoms with E-state index < -0.39 is 5.97 Å². The highest BCUT2D eigenvalue weighted by Crippen LogP contribution is 2.09. The first-order valence-corrected chi connectivity index (χ1v) is 8.40. The number of carbonyl (C=O) groups is 2. The molecule has 0 spiro atoms. The van der Waals surface area contributed by atoms with Crippen molar-refractivity contribution in [2.75, 3.05) is 13.2 Å². The molecule has 1 aromatic carbocycles. The number of nitrogens with one attached hydrogen (secondary N) is 1. The van der Waals surface area contributed by atoms with Crippen molar-refractivity contribution in [3.05, 3.63) is 58.5 Å². The van der Waals surface area contributed by atoms with Crippen molar-refractivity contribution in [1.82, 2.24) is 25.5 Å². The van der Waals surface area contributed by atoms with Crippen LogP contribution in [0.15, 0.2) is 48.1 Å². The number of aromatic nitrogens is 4. The maximum atomic E-state index is 12.0. The Labute approximate surface area is 147 Å². The van der Waals surface area contributed by atoms with E-state index in [9.17, 15) is 9.59 Å². The molecule has 0 radical (unpaired) electrons. The Morgan fingerprint density at radius 3 is 2.72 bits per heavy atom. The Morgan fingerprint density at radius 2 is 2.04 bits per heavy atom. The normalized spacial score (nSPS) is 10.4. The second-order valence-corrected chi connectivity index (χ2v) is 6.09. The van der Waals surface area contributed by atoms with Gasteiger partial charge in [0.1, 0.15) is 6.33 Å². The zero-order valence-corrected chi connectivity index (χ0v) is 14.0. The molecular weight excluding hydrogens is 342 g/mol. The number of tetrazole rings is 1. The molecule has 1 N–H and O–H groups in total. The highest BCUT2D eigenvalue weighted by atomic mass is 32.1. The molecule has 0 atom stereocenters. The van der Waals surface area contributed by atoms with Crippen LogP contribution in [0.1, 0.15) is 15.2 Å². The van der Waals surface area contributed by atoms with Gasteiger partial charge in [-0.15, -0.1) is 16.4 Å². The molecule has 0 unspecified atom stereocenters. The Balaban J connectivity index is 1.43. The molecule has 25 heavy (non-hydrogen) atoms. The summed E-state index contributed by atoms with van der Waals surface area (Å²) in [7, 11) is 0. The summed E-state index contributed by atoms with van der Waals surface area (Å²) in [5.74, 6) is -0.883. The average molecular weight is 357 g/mol. The summed E-state index contributed by atoms with van der Waals surface area (Å²) in [5, 5.41) is 15.5. The van der Waals surface area contributed by atoms with Crippen LogP contribution < -0.4 is 5.32 Å². The molecule has 9 heteroatoms. The molecular formula is C16H15N5O3S. The molecule has 2 aromatic heterocycles. The van der Waals surface area contributed by atoms with E-state index in [1.165, 1.54) is 15.9 Å². The van der Waals surface area contributed by atoms with Gasteiger partial charge in [-0.1, -0.05) is 6.07 Å². The number of carbonyl (C=O) groups excluding carboxylic acids is 2. The van der Waals surface area contributed by atoms with Gasteiger partial charge in [0.25, 0.3) is 5.91 Å². The standard InChI is InChI=1S/C16H15N5O3S/c22-15(17-8-7-14-2-1-9-25-14)10-24-16(23)12-3-5-13(6-4-12)21-11-18-19-20-21/h1-6,9,11H,7-8,10H2,(H,17,22). The van der Waals surface area contributed by atoms with Crippen molar-refractivity contribution in [3.8, 4) is 5.69 Å². The maximum absolute atomic E-state index is 12.0. The first-order chi connectivity index (χ1) is 12.2. The van der Waals surface area contributed by atoms with Gasteiger partial charge in [0.2, 0.25) is 0 Å². The van der Waals surface area contributed by atoms with Gasteiger partial charge in [-0.05, 0) is 52.6 Å². The number of benzene rings is 1. The van der Waals surface area contributed by atoms with Gasteiger partial charge in [0, 0.05) is 11.4 Å². The molecule has 3 aromatic rings. The first kappa shape index (κ1) is 16.8. The maximum Gasteiger partial charge on any atom is 0.338 e. The van der Waals surface area contributed by atoms with Crippen LogP contribution >= 0.6 is 11.3 Å². The van der Waals surface area contributed by atoms with E-state index >= 15 is 0 Å². The van der Waals surface area contributed by atoms with Crippen LogP contribution in [0.3, 0.4) is 0 Å². The summed E-state index contributed by atoms with van der Waals surface area (Å²) in [5.41, 5.74) is 1.07. The minimum atomic E-state index is -0.559. The summed E-state index contributed by atoms with van der Waals surface area (Å²) in [6, 6.07) is 10.5. The van der Waals surface area contributed by atoms with E-state index in [0.29, 0.717) is 17.8 Å². The predicted octanol–water partition coefficient (Wildman–Crippen LogP) is 1.24. The molecule has 0 aliphatic carbocycles. The molecule has 1 amide bonds. The molecule has 0 saturated carbocycles. The monoisotopic (exact) mass is 357 g/mol. The zero-order chi connectivity index (χ0) is 17.5. The zero-order valence-electron chi connectivity index (χ0n) is 13.2. The van der Waals surface area contributed by atoms with Crippen molar-refractivity contribution < 1.29 is 14.3 Å². The molecule has 0 aliphatic rings. The third-order valence-electron chi connectivity index (χ3n) is 3.32. The molecule has 128 valence electrons. The third kappa shape index (κ3) is 4.70. The van der Waals surface area contributed by atoms with Gasteiger partial charge in [0.05, 0.1) is 11.3 Å². The lowest BCUT2D eigenvalue weighted by Gasteiger charge is -2.06. The third-order valence-corrected chi connectivity index (χ3v) is 4.26. The number of thiophene rings is 1. The molecule has 0 saturated heterocycles. The van der Waals surface area contributed by atoms with Crippen molar-refractivity contribution in [3.63, 3.8) is 0 Å². The first-order valence-electron chi connectivity index (χ1n) is 7.52. The van der Waals surface area contributed by atoms with Gasteiger partial charge in [-0.3, -0.25) is 4.79 Å². The number of rotatable bonds is 7. The second-order valence-electron chi connectivity index (χ2n) is 5.06. The Bertz CT molecular complexity index is 816. The minimum absolute atomic E-state index is 0.308. The number of ether oxygens (including phenoxy) is 1. The van der Waals surface area contributed by atoms with E-state index in [2.05, 4.69) is 20.8 Å². The van der Waals surface area contributed by atoms with E-state index in [1.54, 1.807) is 35.6 Å². The van der Waals surface area contributed by atoms with Crippen LogP contribution in [0.4, 0.5) is 0 Å². The van der Waals surface area contributed by atoms with Crippen LogP contribution in [0.25, 0.3) is 5.69 Å². The van der Waals surface area contributed by atoms with E-state index in [1.807, 2.05) is 17.5 Å². The van der Waals surface area contributed by atoms with E-state index in [4.69, 9.17) is 4.74 Å². The number of esters is 1. The predicted molar refractivity (Wildman–Crippen MR) is 90.5 cm³/mol. The van der Waals surface area contributed by atoms with Gasteiger partial charge in [-0.25, -0.2) is 9.48 Å². The largest absolute Gasteiger partial charge is 0.452 e. The molecule has 0 bridgehead atoms. The summed E-state index contributed by atoms with van der Waals surface area (Å²) in [6.07, 6.45) is 2.21. The SMILES string of the molecule is O=C(COC(=O)c1ccc(-n2cnnn2)cc1)NCCc1cccs1. The highest BCUT2D eigenvalue weighted by Gasteiger charge is 2.10. The molecule has 0 fully saturated rings. The fourth-order valence-electron chi connectivity index (χ4n) is 2.08. The lowest BCUT2D eigenvalue weighted by molar-refractivity contribution is -0.124. The fourth-order valence-corrected chi connectivity index (χ4v) is 2.78. The average Bonchev–Trinajstić information content (AvgIpc) is 3.33. The topological polar surface area (TPSA) is 99.0 Å². The molecule has 2 heterocycles. The smallest absolute Gasteiger partial charge is 0.338 e. The Morgan fingerprint density at radius 1 is 1.20 bits per heavy atom. The molecule has 3 rings (SSSR count). The van der Waals surface area contributed by atoms with Gasteiger partial charge < -0.3 is 10.1 Å². The van der Waals surface area contributed by atoms with Crippen LogP contribution in [0.2, 0.25) is 0 Å². The Kier molecular flexibility index (Phi) is 5.47. The van der Waals surface area contributed by atoms with Crippen molar-refractivity contribution in [1.29, 1.82) is 0 Å². The van der Waals surface area contributed by atoms with E-state index in [0.717, 1.165) is 6.42 Å². The fraction of sp³-hybridized carbons (Fsp3) is 0.188. The molecule has 0 aliphatic heterocycles. The van der Waals surface area contributed by atoms with Crippen LogP contribution in [0, 0.1) is 0 Å². The van der Waals surface area contributed by atoms with E-state index in [-0.39, 0.29) is 12.5 Å². The van der Waals surface area contributed by atoms with Crippen molar-refractivity contribution in [2.24, 2.45) is 0 Å². The van der Waals surface area contributed by atoms with Crippen LogP contribution in [0.5, 0.6) is 0 Å². The second kappa shape index (κ2) is 8.15. The quantitative estimate of drug-likeness (QED) is 0.639. The minimum Gasteiger partial charge on any atom is -0.452 e. The number of hydrogen-bond acceptors (Lipinski definition) is 7. The summed E-state index contributed by atoms with van der Waals surface area (Å²) >= 11 is 1.64. The summed E-state index contributed by atoms with van der Waals surface area (Å²) in [4.78, 5) is 24.9. The Hall–Kier alpha value is -3.07. The van der Waals surface area contributed by atoms with Gasteiger partial charge >= 0.3 is 5.97 Å². The summed E-state index contributed by atoms with van der Waals surface area (Å²) < 4.78 is 6.48. The van der Waals surface area contributed by atoms with Gasteiger partial charge in [0.15, 0.2) is 6.61 Å². The number of hydrogen-bond donors (Lipinski definition) is 1. The number of amides is 1. The summed E-state index contributed by atoms with van der Waals surface area (Å²) in [6.45, 7) is 0.204. The highest BCUT2D eigenvalue weighted by molar-refractivity contribution is 7.09. The molecule has 8 nitrogen and oxygen atoms in total. The van der Waals surface area contributed by atoms with Crippen LogP contribution in [-0.4, -0.2) is 45.2 Å².